The standard InChI is InChI=1S/C12H22N2O3/c1-6-8-14(9-10(15)17-7-2)11(16)13-12(3,4)5/h6H,1,7-9H2,2-5H3,(H,13,16). The molecule has 0 spiro atoms. The van der Waals surface area contributed by atoms with E-state index in [0.717, 1.165) is 0 Å². The molecule has 0 saturated carbocycles. The van der Waals surface area contributed by atoms with Crippen LogP contribution in [0.3, 0.4) is 0 Å². The lowest BCUT2D eigenvalue weighted by molar-refractivity contribution is -0.143. The SMILES string of the molecule is C=CCN(CC(=O)OCC)C(=O)NC(C)(C)C. The molecule has 17 heavy (non-hydrogen) atoms. The Morgan fingerprint density at radius 1 is 1.41 bits per heavy atom. The number of hydrogen-bond donors (Lipinski definition) is 1. The molecule has 0 saturated heterocycles. The second-order valence-corrected chi connectivity index (χ2v) is 4.65. The highest BCUT2D eigenvalue weighted by atomic mass is 16.5. The summed E-state index contributed by atoms with van der Waals surface area (Å²) in [7, 11) is 0. The van der Waals surface area contributed by atoms with Gasteiger partial charge in [0.1, 0.15) is 6.54 Å². The summed E-state index contributed by atoms with van der Waals surface area (Å²) in [6.45, 7) is 11.5. The predicted octanol–water partition coefficient (Wildman–Crippen LogP) is 1.55. The van der Waals surface area contributed by atoms with E-state index in [4.69, 9.17) is 4.74 Å². The highest BCUT2D eigenvalue weighted by Gasteiger charge is 2.21. The van der Waals surface area contributed by atoms with Gasteiger partial charge in [-0.05, 0) is 27.7 Å². The van der Waals surface area contributed by atoms with Crippen molar-refractivity contribution in [3.8, 4) is 0 Å². The van der Waals surface area contributed by atoms with Crippen molar-refractivity contribution in [3.63, 3.8) is 0 Å². The Balaban J connectivity index is 4.45. The van der Waals surface area contributed by atoms with Crippen molar-refractivity contribution in [3.05, 3.63) is 12.7 Å². The van der Waals surface area contributed by atoms with Gasteiger partial charge >= 0.3 is 12.0 Å². The number of nitrogens with zero attached hydrogens (tertiary/aromatic N) is 1. The molecule has 5 heteroatoms. The van der Waals surface area contributed by atoms with Gasteiger partial charge in [0, 0.05) is 12.1 Å². The van der Waals surface area contributed by atoms with Gasteiger partial charge in [0.2, 0.25) is 0 Å². The van der Waals surface area contributed by atoms with E-state index < -0.39 is 5.97 Å². The number of urea groups is 1. The number of ether oxygens (including phenoxy) is 1. The van der Waals surface area contributed by atoms with Crippen molar-refractivity contribution in [2.75, 3.05) is 19.7 Å². The first-order valence-electron chi connectivity index (χ1n) is 5.63. The average Bonchev–Trinajstić information content (AvgIpc) is 2.14. The van der Waals surface area contributed by atoms with Crippen LogP contribution in [0.25, 0.3) is 0 Å². The fourth-order valence-electron chi connectivity index (χ4n) is 1.14. The quantitative estimate of drug-likeness (QED) is 0.587. The van der Waals surface area contributed by atoms with E-state index in [1.807, 2.05) is 20.8 Å². The third kappa shape index (κ3) is 7.38. The molecule has 98 valence electrons. The minimum atomic E-state index is -0.418. The van der Waals surface area contributed by atoms with Crippen molar-refractivity contribution >= 4 is 12.0 Å². The molecule has 0 rings (SSSR count). The molecule has 1 N–H and O–H groups in total. The van der Waals surface area contributed by atoms with Crippen molar-refractivity contribution in [2.45, 2.75) is 33.2 Å². The first kappa shape index (κ1) is 15.5. The van der Waals surface area contributed by atoms with E-state index in [1.54, 1.807) is 13.0 Å². The summed E-state index contributed by atoms with van der Waals surface area (Å²) < 4.78 is 4.80. The van der Waals surface area contributed by atoms with Gasteiger partial charge in [0.25, 0.3) is 0 Å². The summed E-state index contributed by atoms with van der Waals surface area (Å²) in [5.74, 6) is -0.418. The van der Waals surface area contributed by atoms with Crippen molar-refractivity contribution in [2.24, 2.45) is 0 Å². The van der Waals surface area contributed by atoms with Crippen LogP contribution in [0.5, 0.6) is 0 Å². The molecule has 0 radical (unpaired) electrons. The molecule has 0 atom stereocenters. The van der Waals surface area contributed by atoms with Gasteiger partial charge in [-0.15, -0.1) is 6.58 Å². The molecule has 5 nitrogen and oxygen atoms in total. The maximum Gasteiger partial charge on any atom is 0.325 e. The zero-order valence-corrected chi connectivity index (χ0v) is 11.1. The molecule has 0 bridgehead atoms. The van der Waals surface area contributed by atoms with Crippen LogP contribution >= 0.6 is 0 Å². The fourth-order valence-corrected chi connectivity index (χ4v) is 1.14. The summed E-state index contributed by atoms with van der Waals surface area (Å²) >= 11 is 0. The number of amides is 2. The number of carbonyl (C=O) groups excluding carboxylic acids is 2. The molecule has 0 aromatic carbocycles. The molecule has 0 aliphatic carbocycles. The Kier molecular flexibility index (Phi) is 6.31. The minimum absolute atomic E-state index is 0.0677. The molecule has 0 unspecified atom stereocenters. The normalized spacial score (nSPS) is 10.6. The van der Waals surface area contributed by atoms with Crippen LogP contribution in [0, 0.1) is 0 Å². The summed E-state index contributed by atoms with van der Waals surface area (Å²) in [5.41, 5.74) is -0.342. The zero-order valence-electron chi connectivity index (χ0n) is 11.1. The van der Waals surface area contributed by atoms with Crippen LogP contribution in [-0.4, -0.2) is 42.1 Å². The van der Waals surface area contributed by atoms with Gasteiger partial charge in [-0.2, -0.15) is 0 Å². The summed E-state index contributed by atoms with van der Waals surface area (Å²) in [5, 5.41) is 2.78. The second kappa shape index (κ2) is 6.93. The third-order valence-corrected chi connectivity index (χ3v) is 1.74. The minimum Gasteiger partial charge on any atom is -0.465 e. The van der Waals surface area contributed by atoms with Crippen LogP contribution in [0.1, 0.15) is 27.7 Å². The van der Waals surface area contributed by atoms with E-state index in [9.17, 15) is 9.59 Å². The monoisotopic (exact) mass is 242 g/mol. The van der Waals surface area contributed by atoms with Gasteiger partial charge in [0.05, 0.1) is 6.61 Å². The van der Waals surface area contributed by atoms with E-state index >= 15 is 0 Å². The molecular weight excluding hydrogens is 220 g/mol. The van der Waals surface area contributed by atoms with E-state index in [0.29, 0.717) is 13.2 Å². The Morgan fingerprint density at radius 2 is 2.00 bits per heavy atom. The maximum atomic E-state index is 11.8. The lowest BCUT2D eigenvalue weighted by Gasteiger charge is -2.27. The van der Waals surface area contributed by atoms with Crippen LogP contribution in [0.15, 0.2) is 12.7 Å². The number of hydrogen-bond acceptors (Lipinski definition) is 3. The van der Waals surface area contributed by atoms with Gasteiger partial charge in [-0.1, -0.05) is 6.08 Å². The first-order valence-corrected chi connectivity index (χ1v) is 5.63. The number of carbonyl (C=O) groups is 2. The molecule has 0 fully saturated rings. The molecular formula is C12H22N2O3. The van der Waals surface area contributed by atoms with Gasteiger partial charge in [0.15, 0.2) is 0 Å². The zero-order chi connectivity index (χ0) is 13.5. The lowest BCUT2D eigenvalue weighted by Crippen LogP contribution is -2.50. The summed E-state index contributed by atoms with van der Waals surface area (Å²) in [6.07, 6.45) is 1.57. The highest BCUT2D eigenvalue weighted by Crippen LogP contribution is 2.01. The molecule has 0 aliphatic rings. The summed E-state index contributed by atoms with van der Waals surface area (Å²) in [6, 6.07) is -0.301. The Labute approximate surface area is 103 Å². The predicted molar refractivity (Wildman–Crippen MR) is 66.7 cm³/mol. The Morgan fingerprint density at radius 3 is 2.41 bits per heavy atom. The molecule has 2 amide bonds. The molecule has 0 heterocycles. The Bertz CT molecular complexity index is 282. The summed E-state index contributed by atoms with van der Waals surface area (Å²) in [4.78, 5) is 24.5. The maximum absolute atomic E-state index is 11.8. The third-order valence-electron chi connectivity index (χ3n) is 1.74. The van der Waals surface area contributed by atoms with Crippen LogP contribution in [-0.2, 0) is 9.53 Å². The van der Waals surface area contributed by atoms with Crippen LogP contribution in [0.2, 0.25) is 0 Å². The lowest BCUT2D eigenvalue weighted by atomic mass is 10.1. The van der Waals surface area contributed by atoms with E-state index in [2.05, 4.69) is 11.9 Å². The second-order valence-electron chi connectivity index (χ2n) is 4.65. The molecule has 0 aliphatic heterocycles. The van der Waals surface area contributed by atoms with E-state index in [-0.39, 0.29) is 18.1 Å². The van der Waals surface area contributed by atoms with Gasteiger partial charge < -0.3 is 15.0 Å². The first-order chi connectivity index (χ1) is 7.80. The number of nitrogens with one attached hydrogen (secondary N) is 1. The number of esters is 1. The van der Waals surface area contributed by atoms with Gasteiger partial charge in [-0.25, -0.2) is 4.79 Å². The highest BCUT2D eigenvalue weighted by molar-refractivity contribution is 5.81. The van der Waals surface area contributed by atoms with Crippen molar-refractivity contribution < 1.29 is 14.3 Å². The Hall–Kier alpha value is -1.52. The van der Waals surface area contributed by atoms with Crippen LogP contribution in [0.4, 0.5) is 4.79 Å². The smallest absolute Gasteiger partial charge is 0.325 e. The van der Waals surface area contributed by atoms with E-state index in [1.165, 1.54) is 4.90 Å². The van der Waals surface area contributed by atoms with Crippen molar-refractivity contribution in [1.29, 1.82) is 0 Å². The fraction of sp³-hybridized carbons (Fsp3) is 0.667. The molecule has 0 aromatic rings. The van der Waals surface area contributed by atoms with Crippen LogP contribution < -0.4 is 5.32 Å². The van der Waals surface area contributed by atoms with Crippen molar-refractivity contribution in [1.82, 2.24) is 10.2 Å². The topological polar surface area (TPSA) is 58.6 Å². The largest absolute Gasteiger partial charge is 0.465 e. The number of rotatable bonds is 5. The average molecular weight is 242 g/mol. The molecule has 0 aromatic heterocycles. The van der Waals surface area contributed by atoms with Gasteiger partial charge in [-0.3, -0.25) is 4.79 Å².